The van der Waals surface area contributed by atoms with Crippen LogP contribution in [0.2, 0.25) is 5.02 Å². The molecule has 0 amide bonds. The van der Waals surface area contributed by atoms with Gasteiger partial charge in [-0.15, -0.1) is 0 Å². The van der Waals surface area contributed by atoms with Gasteiger partial charge in [-0.2, -0.15) is 32.1 Å². The zero-order valence-corrected chi connectivity index (χ0v) is 34.7. The van der Waals surface area contributed by atoms with Gasteiger partial charge >= 0.3 is 6.18 Å². The number of aryl methyl sites for hydroxylation is 1. The van der Waals surface area contributed by atoms with E-state index < -0.39 is 92.8 Å². The number of pyridine rings is 1. The number of carbonyl (C=O) groups excluding carboxylic acids is 1. The number of likely N-dealkylation sites (N-methyl/N-ethyl adjacent to an activating group) is 1. The van der Waals surface area contributed by atoms with Gasteiger partial charge in [0.1, 0.15) is 29.6 Å². The van der Waals surface area contributed by atoms with E-state index in [0.717, 1.165) is 44.6 Å². The van der Waals surface area contributed by atoms with Crippen molar-refractivity contribution in [1.29, 1.82) is 0 Å². The highest BCUT2D eigenvalue weighted by molar-refractivity contribution is 7.89. The topological polar surface area (TPSA) is 106 Å². The first-order valence-corrected chi connectivity index (χ1v) is 21.9. The van der Waals surface area contributed by atoms with E-state index in [1.54, 1.807) is 31.3 Å². The number of carbonyl (C=O) groups is 1. The third-order valence-corrected chi connectivity index (χ3v) is 12.6. The van der Waals surface area contributed by atoms with Crippen LogP contribution < -0.4 is 0 Å². The molecule has 0 bridgehead atoms. The van der Waals surface area contributed by atoms with Crippen LogP contribution in [0.1, 0.15) is 64.3 Å². The van der Waals surface area contributed by atoms with Crippen LogP contribution in [-0.2, 0) is 52.5 Å². The molecular weight excluding hydrogens is 851 g/mol. The molecule has 2 aliphatic carbocycles. The molecule has 10 nitrogen and oxygen atoms in total. The molecule has 19 heteroatoms. The number of rotatable bonds is 11. The van der Waals surface area contributed by atoms with Gasteiger partial charge in [0, 0.05) is 85.9 Å². The van der Waals surface area contributed by atoms with Gasteiger partial charge in [-0.3, -0.25) is 19.1 Å². The second kappa shape index (κ2) is 15.8. The number of hydrogen-bond acceptors (Lipinski definition) is 8. The number of piperazine rings is 1. The number of ketones is 1. The molecule has 3 aliphatic rings. The van der Waals surface area contributed by atoms with Crippen molar-refractivity contribution in [2.75, 3.05) is 46.0 Å². The summed E-state index contributed by atoms with van der Waals surface area (Å²) in [5.41, 5.74) is -1.02. The highest BCUT2D eigenvalue weighted by Gasteiger charge is 2.68. The molecule has 3 aromatic heterocycles. The number of aromatic nitrogens is 5. The minimum Gasteiger partial charge on any atom is -0.304 e. The summed E-state index contributed by atoms with van der Waals surface area (Å²) >= 11 is 6.67. The van der Waals surface area contributed by atoms with Gasteiger partial charge in [-0.05, 0) is 67.6 Å². The summed E-state index contributed by atoms with van der Waals surface area (Å²) in [4.78, 5) is 23.4. The van der Waals surface area contributed by atoms with E-state index in [1.165, 1.54) is 4.68 Å². The van der Waals surface area contributed by atoms with E-state index in [-0.39, 0.29) is 40.5 Å². The molecule has 8 rings (SSSR count). The van der Waals surface area contributed by atoms with Crippen molar-refractivity contribution in [2.24, 2.45) is 13.0 Å². The zero-order valence-electron chi connectivity index (χ0n) is 33.1. The van der Waals surface area contributed by atoms with Crippen LogP contribution in [0.15, 0.2) is 42.5 Å². The lowest BCUT2D eigenvalue weighted by molar-refractivity contribution is -0.142. The zero-order chi connectivity index (χ0) is 43.8. The smallest absolute Gasteiger partial charge is 0.304 e. The van der Waals surface area contributed by atoms with E-state index in [1.807, 2.05) is 7.05 Å². The van der Waals surface area contributed by atoms with Gasteiger partial charge in [-0.25, -0.2) is 22.2 Å². The fraction of sp³-hybridized carbons (Fsp3) is 0.429. The Labute approximate surface area is 351 Å². The maximum Gasteiger partial charge on any atom is 0.435 e. The number of nitrogens with zero attached hydrogens (tertiary/aromatic N) is 7. The number of benzene rings is 2. The first kappa shape index (κ1) is 42.8. The highest BCUT2D eigenvalue weighted by Crippen LogP contribution is 2.68. The molecule has 0 N–H and O–H groups in total. The molecular formula is C42H39ClF7N7O3S. The van der Waals surface area contributed by atoms with Crippen molar-refractivity contribution in [3.8, 4) is 23.0 Å². The van der Waals surface area contributed by atoms with E-state index >= 15 is 8.78 Å². The van der Waals surface area contributed by atoms with Crippen LogP contribution in [0, 0.1) is 29.4 Å². The van der Waals surface area contributed by atoms with Crippen molar-refractivity contribution in [3.05, 3.63) is 98.7 Å². The van der Waals surface area contributed by atoms with Gasteiger partial charge in [-0.1, -0.05) is 23.6 Å². The third-order valence-electron chi connectivity index (χ3n) is 11.5. The lowest BCUT2D eigenvalue weighted by Gasteiger charge is -2.30. The van der Waals surface area contributed by atoms with E-state index in [4.69, 9.17) is 16.6 Å². The molecule has 61 heavy (non-hydrogen) atoms. The van der Waals surface area contributed by atoms with Crippen LogP contribution in [0.4, 0.5) is 30.7 Å². The molecule has 4 heterocycles. The Balaban J connectivity index is 1.25. The Hall–Kier alpha value is -4.83. The molecule has 3 atom stereocenters. The van der Waals surface area contributed by atoms with Crippen LogP contribution in [0.3, 0.4) is 0 Å². The van der Waals surface area contributed by atoms with Crippen molar-refractivity contribution >= 4 is 38.1 Å². The predicted octanol–water partition coefficient (Wildman–Crippen LogP) is 7.12. The molecule has 0 spiro atoms. The second-order valence-corrected chi connectivity index (χ2v) is 18.8. The van der Waals surface area contributed by atoms with Gasteiger partial charge in [0.2, 0.25) is 0 Å². The number of hydrogen-bond donors (Lipinski definition) is 0. The Bertz CT molecular complexity index is 2730. The third kappa shape index (κ3) is 8.66. The lowest BCUT2D eigenvalue weighted by Crippen LogP contribution is -2.44. The predicted molar refractivity (Wildman–Crippen MR) is 213 cm³/mol. The summed E-state index contributed by atoms with van der Waals surface area (Å²) in [6, 6.07) is 9.33. The number of sulfone groups is 1. The normalized spacial score (nSPS) is 19.4. The van der Waals surface area contributed by atoms with Crippen LogP contribution in [0.5, 0.6) is 0 Å². The summed E-state index contributed by atoms with van der Waals surface area (Å²) < 4.78 is 129. The maximum atomic E-state index is 15.5. The van der Waals surface area contributed by atoms with Crippen molar-refractivity contribution in [1.82, 2.24) is 34.3 Å². The largest absolute Gasteiger partial charge is 0.435 e. The maximum absolute atomic E-state index is 15.5. The van der Waals surface area contributed by atoms with E-state index in [2.05, 4.69) is 31.8 Å². The summed E-state index contributed by atoms with van der Waals surface area (Å²) in [5, 5.41) is 8.53. The van der Waals surface area contributed by atoms with Crippen molar-refractivity contribution in [2.45, 2.75) is 55.5 Å². The van der Waals surface area contributed by atoms with Gasteiger partial charge in [0.25, 0.3) is 5.92 Å². The van der Waals surface area contributed by atoms with Crippen LogP contribution in [0.25, 0.3) is 22.0 Å². The summed E-state index contributed by atoms with van der Waals surface area (Å²) in [6.07, 6.45) is -4.88. The van der Waals surface area contributed by atoms with Gasteiger partial charge in [0.15, 0.2) is 21.3 Å². The summed E-state index contributed by atoms with van der Waals surface area (Å²) in [6.45, 7) is 2.81. The van der Waals surface area contributed by atoms with Gasteiger partial charge < -0.3 is 4.90 Å². The van der Waals surface area contributed by atoms with Crippen LogP contribution >= 0.6 is 11.6 Å². The van der Waals surface area contributed by atoms with E-state index in [9.17, 15) is 35.2 Å². The molecule has 2 aromatic carbocycles. The number of halogens is 8. The molecule has 2 fully saturated rings. The molecule has 1 aliphatic heterocycles. The molecule has 1 saturated heterocycles. The molecule has 0 radical (unpaired) electrons. The Kier molecular flexibility index (Phi) is 11.1. The second-order valence-electron chi connectivity index (χ2n) is 16.2. The average Bonchev–Trinajstić information content (AvgIpc) is 3.70. The molecule has 5 aromatic rings. The monoisotopic (exact) mass is 889 g/mol. The number of Topliss-reactive ketones (excluding diaryl/α,β-unsaturated/α-hetero) is 1. The van der Waals surface area contributed by atoms with Crippen molar-refractivity contribution in [3.63, 3.8) is 0 Å². The summed E-state index contributed by atoms with van der Waals surface area (Å²) in [7, 11) is 0.0396. The standard InChI is InChI=1S/C42H39ClF7N7O3S/c1-54-11-13-56(14-12-54)10-4-5-27-6-7-29(30-8-9-33(43)36-34(22-61(3,59)60)52-55(2)38(30)36)37(51-27)24(15-23-16-25(44)19-26(45)17-23)18-28(58)21-57-40-35(39(53-57)42(48,49)50)31-20-32(31)41(40,46)47/h6-9,16-17,19,24,31-32H,10-15,18,20-22H2,1-3H3/t24-,31+,32-/m1/s1. The van der Waals surface area contributed by atoms with Gasteiger partial charge in [0.05, 0.1) is 34.2 Å². The fourth-order valence-corrected chi connectivity index (χ4v) is 9.69. The Morgan fingerprint density at radius 1 is 1.00 bits per heavy atom. The molecule has 322 valence electrons. The average molecular weight is 890 g/mol. The minimum atomic E-state index is -5.04. The number of fused-ring (bicyclic) bond motifs is 4. The quantitative estimate of drug-likeness (QED) is 0.102. The summed E-state index contributed by atoms with van der Waals surface area (Å²) in [5.74, 6) is -3.87. The van der Waals surface area contributed by atoms with E-state index in [0.29, 0.717) is 39.3 Å². The van der Waals surface area contributed by atoms with Crippen molar-refractivity contribution < 1.29 is 43.9 Å². The lowest BCUT2D eigenvalue weighted by atomic mass is 9.86. The molecule has 1 saturated carbocycles. The Morgan fingerprint density at radius 3 is 2.36 bits per heavy atom. The Morgan fingerprint density at radius 2 is 1.69 bits per heavy atom. The fourth-order valence-electron chi connectivity index (χ4n) is 8.73. The number of alkyl halides is 5. The first-order valence-electron chi connectivity index (χ1n) is 19.4. The first-order chi connectivity index (χ1) is 28.7. The minimum absolute atomic E-state index is 0.109. The SMILES string of the molecule is CN1CCN(CC#Cc2ccc(-c3ccc(Cl)c4c(CS(C)(=O)=O)nn(C)c34)c([C@@H](CC(=O)Cn3nc(C(F)(F)F)c4c3C(F)(F)[C@@H]3C[C@H]43)Cc3cc(F)cc(F)c3)n2)CC1. The molecule has 0 unspecified atom stereocenters. The highest BCUT2D eigenvalue weighted by atomic mass is 35.5. The van der Waals surface area contributed by atoms with Crippen LogP contribution in [-0.4, -0.2) is 94.6 Å².